The lowest BCUT2D eigenvalue weighted by Crippen LogP contribution is -2.15. The Kier molecular flexibility index (Phi) is 7.69. The number of thiophene rings is 1. The number of amides is 2. The van der Waals surface area contributed by atoms with E-state index in [1.54, 1.807) is 25.1 Å². The molecule has 166 valence electrons. The van der Waals surface area contributed by atoms with Crippen molar-refractivity contribution in [3.05, 3.63) is 78.1 Å². The van der Waals surface area contributed by atoms with E-state index < -0.39 is 17.8 Å². The number of hydrogen-bond acceptors (Lipinski definition) is 5. The monoisotopic (exact) mass is 530 g/mol. The van der Waals surface area contributed by atoms with Crippen LogP contribution in [0.1, 0.15) is 36.0 Å². The fourth-order valence-electron chi connectivity index (χ4n) is 2.79. The first-order valence-electron chi connectivity index (χ1n) is 8.87. The van der Waals surface area contributed by atoms with Crippen LogP contribution in [0.2, 0.25) is 20.1 Å². The van der Waals surface area contributed by atoms with Gasteiger partial charge in [0.15, 0.2) is 0 Å². The highest BCUT2D eigenvalue weighted by Gasteiger charge is 2.27. The van der Waals surface area contributed by atoms with Crippen LogP contribution in [0, 0.1) is 6.92 Å². The standard InChI is InChI=1S/C21H14Cl4N2O4S/c1-9-15(21(30)31-2)20(27-18(28)11-7-6-10(22)8-13(11)24)32-17(9)19(29)26-14-5-3-4-12(23)16(14)25/h3-8H,1-2H3,(H,26,29)(H,27,28). The lowest BCUT2D eigenvalue weighted by Gasteiger charge is -2.08. The molecular weight excluding hydrogens is 518 g/mol. The summed E-state index contributed by atoms with van der Waals surface area (Å²) >= 11 is 25.0. The fraction of sp³-hybridized carbons (Fsp3) is 0.0952. The summed E-state index contributed by atoms with van der Waals surface area (Å²) in [4.78, 5) is 38.3. The summed E-state index contributed by atoms with van der Waals surface area (Å²) in [5.41, 5.74) is 0.832. The number of carbonyl (C=O) groups is 3. The molecule has 32 heavy (non-hydrogen) atoms. The summed E-state index contributed by atoms with van der Waals surface area (Å²) in [5.74, 6) is -1.83. The molecule has 2 amide bonds. The van der Waals surface area contributed by atoms with Crippen molar-refractivity contribution in [3.63, 3.8) is 0 Å². The van der Waals surface area contributed by atoms with Crippen molar-refractivity contribution in [1.29, 1.82) is 0 Å². The molecule has 0 aliphatic rings. The molecule has 11 heteroatoms. The van der Waals surface area contributed by atoms with E-state index in [0.29, 0.717) is 16.3 Å². The molecule has 0 saturated carbocycles. The van der Waals surface area contributed by atoms with Crippen molar-refractivity contribution in [2.24, 2.45) is 0 Å². The van der Waals surface area contributed by atoms with Gasteiger partial charge in [0.2, 0.25) is 0 Å². The number of carbonyl (C=O) groups excluding carboxylic acids is 3. The molecule has 0 bridgehead atoms. The number of esters is 1. The maximum absolute atomic E-state index is 12.9. The van der Waals surface area contributed by atoms with Crippen LogP contribution in [0.25, 0.3) is 0 Å². The zero-order valence-corrected chi connectivity index (χ0v) is 20.4. The molecule has 0 radical (unpaired) electrons. The Labute approximate surface area is 207 Å². The number of benzene rings is 2. The van der Waals surface area contributed by atoms with E-state index in [1.165, 1.54) is 25.3 Å². The van der Waals surface area contributed by atoms with Crippen molar-refractivity contribution in [3.8, 4) is 0 Å². The summed E-state index contributed by atoms with van der Waals surface area (Å²) in [6.07, 6.45) is 0. The zero-order valence-electron chi connectivity index (χ0n) is 16.5. The van der Waals surface area contributed by atoms with E-state index in [2.05, 4.69) is 10.6 Å². The molecule has 3 rings (SSSR count). The molecule has 1 aromatic heterocycles. The van der Waals surface area contributed by atoms with E-state index in [9.17, 15) is 14.4 Å². The van der Waals surface area contributed by atoms with Gasteiger partial charge < -0.3 is 15.4 Å². The third kappa shape index (κ3) is 5.03. The van der Waals surface area contributed by atoms with Crippen molar-refractivity contribution >= 4 is 86.2 Å². The van der Waals surface area contributed by atoms with Crippen LogP contribution in [0.3, 0.4) is 0 Å². The predicted octanol–water partition coefficient (Wildman–Crippen LogP) is 6.96. The molecular formula is C21H14Cl4N2O4S. The molecule has 1 heterocycles. The summed E-state index contributed by atoms with van der Waals surface area (Å²) in [6.45, 7) is 1.57. The van der Waals surface area contributed by atoms with Crippen molar-refractivity contribution in [2.45, 2.75) is 6.92 Å². The lowest BCUT2D eigenvalue weighted by atomic mass is 10.1. The van der Waals surface area contributed by atoms with E-state index in [4.69, 9.17) is 51.1 Å². The Morgan fingerprint density at radius 1 is 0.938 bits per heavy atom. The van der Waals surface area contributed by atoms with E-state index >= 15 is 0 Å². The van der Waals surface area contributed by atoms with Crippen LogP contribution in [-0.4, -0.2) is 24.9 Å². The van der Waals surface area contributed by atoms with Gasteiger partial charge >= 0.3 is 5.97 Å². The highest BCUT2D eigenvalue weighted by molar-refractivity contribution is 7.19. The Morgan fingerprint density at radius 2 is 1.66 bits per heavy atom. The number of ether oxygens (including phenoxy) is 1. The van der Waals surface area contributed by atoms with Gasteiger partial charge in [-0.3, -0.25) is 9.59 Å². The largest absolute Gasteiger partial charge is 0.465 e. The van der Waals surface area contributed by atoms with Crippen LogP contribution in [0.15, 0.2) is 36.4 Å². The van der Waals surface area contributed by atoms with Gasteiger partial charge in [-0.05, 0) is 42.8 Å². The van der Waals surface area contributed by atoms with E-state index in [0.717, 1.165) is 11.3 Å². The maximum atomic E-state index is 12.9. The van der Waals surface area contributed by atoms with Crippen molar-refractivity contribution in [1.82, 2.24) is 0 Å². The highest BCUT2D eigenvalue weighted by Crippen LogP contribution is 2.36. The van der Waals surface area contributed by atoms with Crippen LogP contribution in [0.5, 0.6) is 0 Å². The fourth-order valence-corrected chi connectivity index (χ4v) is 4.72. The topological polar surface area (TPSA) is 84.5 Å². The quantitative estimate of drug-likeness (QED) is 0.348. The van der Waals surface area contributed by atoms with E-state index in [1.807, 2.05) is 0 Å². The first kappa shape index (κ1) is 24.4. The SMILES string of the molecule is COC(=O)c1c(NC(=O)c2ccc(Cl)cc2Cl)sc(C(=O)Nc2cccc(Cl)c2Cl)c1C. The number of methoxy groups -OCH3 is 1. The third-order valence-electron chi connectivity index (χ3n) is 4.35. The second kappa shape index (κ2) is 10.1. The molecule has 2 N–H and O–H groups in total. The van der Waals surface area contributed by atoms with Gasteiger partial charge in [-0.1, -0.05) is 52.5 Å². The second-order valence-corrected chi connectivity index (χ2v) is 9.04. The molecule has 0 fully saturated rings. The van der Waals surface area contributed by atoms with Gasteiger partial charge in [0.1, 0.15) is 5.00 Å². The van der Waals surface area contributed by atoms with Crippen LogP contribution in [0.4, 0.5) is 10.7 Å². The Balaban J connectivity index is 1.97. The average molecular weight is 532 g/mol. The molecule has 3 aromatic rings. The molecule has 0 saturated heterocycles. The molecule has 6 nitrogen and oxygen atoms in total. The van der Waals surface area contributed by atoms with Crippen LogP contribution in [-0.2, 0) is 4.74 Å². The zero-order chi connectivity index (χ0) is 23.6. The van der Waals surface area contributed by atoms with Crippen molar-refractivity contribution in [2.75, 3.05) is 17.7 Å². The number of rotatable bonds is 5. The minimum Gasteiger partial charge on any atom is -0.465 e. The number of hydrogen-bond donors (Lipinski definition) is 2. The highest BCUT2D eigenvalue weighted by atomic mass is 35.5. The number of anilines is 2. The van der Waals surface area contributed by atoms with Gasteiger partial charge in [0, 0.05) is 5.02 Å². The molecule has 2 aromatic carbocycles. The average Bonchev–Trinajstić information content (AvgIpc) is 3.06. The van der Waals surface area contributed by atoms with Crippen LogP contribution < -0.4 is 10.6 Å². The Hall–Kier alpha value is -2.29. The second-order valence-electron chi connectivity index (χ2n) is 6.39. The van der Waals surface area contributed by atoms with Gasteiger partial charge in [-0.25, -0.2) is 4.79 Å². The first-order chi connectivity index (χ1) is 15.1. The summed E-state index contributed by atoms with van der Waals surface area (Å²) in [7, 11) is 1.20. The first-order valence-corrected chi connectivity index (χ1v) is 11.2. The summed E-state index contributed by atoms with van der Waals surface area (Å²) < 4.78 is 4.83. The number of halogens is 4. The minimum atomic E-state index is -0.712. The van der Waals surface area contributed by atoms with Crippen LogP contribution >= 0.6 is 57.7 Å². The van der Waals surface area contributed by atoms with Crippen molar-refractivity contribution < 1.29 is 19.1 Å². The molecule has 0 spiro atoms. The van der Waals surface area contributed by atoms with Gasteiger partial charge in [-0.2, -0.15) is 0 Å². The molecule has 0 aliphatic heterocycles. The van der Waals surface area contributed by atoms with Gasteiger partial charge in [0.25, 0.3) is 11.8 Å². The summed E-state index contributed by atoms with van der Waals surface area (Å²) in [6, 6.07) is 9.19. The predicted molar refractivity (Wildman–Crippen MR) is 129 cm³/mol. The Bertz CT molecular complexity index is 1240. The summed E-state index contributed by atoms with van der Waals surface area (Å²) in [5, 5.41) is 6.37. The van der Waals surface area contributed by atoms with E-state index in [-0.39, 0.29) is 36.1 Å². The number of nitrogens with one attached hydrogen (secondary N) is 2. The third-order valence-corrected chi connectivity index (χ3v) is 6.92. The van der Waals surface area contributed by atoms with Gasteiger partial charge in [0.05, 0.1) is 43.9 Å². The lowest BCUT2D eigenvalue weighted by molar-refractivity contribution is 0.0601. The molecule has 0 aliphatic carbocycles. The molecule has 0 atom stereocenters. The van der Waals surface area contributed by atoms with Gasteiger partial charge in [-0.15, -0.1) is 11.3 Å². The normalized spacial score (nSPS) is 10.6. The maximum Gasteiger partial charge on any atom is 0.341 e. The Morgan fingerprint density at radius 3 is 2.31 bits per heavy atom. The molecule has 0 unspecified atom stereocenters. The minimum absolute atomic E-state index is 0.0540. The smallest absolute Gasteiger partial charge is 0.341 e.